The summed E-state index contributed by atoms with van der Waals surface area (Å²) in [5.41, 5.74) is 2.78. The Morgan fingerprint density at radius 3 is 2.85 bits per heavy atom. The van der Waals surface area contributed by atoms with Gasteiger partial charge >= 0.3 is 5.97 Å². The fraction of sp³-hybridized carbons (Fsp3) is 0.286. The van der Waals surface area contributed by atoms with E-state index < -0.39 is 0 Å². The Hall–Kier alpha value is -2.95. The summed E-state index contributed by atoms with van der Waals surface area (Å²) in [6.45, 7) is 0. The third kappa shape index (κ3) is 5.02. The average Bonchev–Trinajstić information content (AvgIpc) is 3.04. The van der Waals surface area contributed by atoms with E-state index in [0.29, 0.717) is 31.4 Å². The van der Waals surface area contributed by atoms with E-state index >= 15 is 0 Å². The highest BCUT2D eigenvalue weighted by molar-refractivity contribution is 5.86. The molecular formula is C21H22N2O3. The Balaban J connectivity index is 1.70. The summed E-state index contributed by atoms with van der Waals surface area (Å²) in [5, 5.41) is 0. The maximum Gasteiger partial charge on any atom is 0.331 e. The van der Waals surface area contributed by atoms with E-state index in [-0.39, 0.29) is 17.9 Å². The smallest absolute Gasteiger partial charge is 0.331 e. The topological polar surface area (TPSA) is 61.2 Å². The molecule has 1 aromatic heterocycles. The van der Waals surface area contributed by atoms with E-state index in [2.05, 4.69) is 4.98 Å². The van der Waals surface area contributed by atoms with Crippen molar-refractivity contribution in [2.75, 3.05) is 0 Å². The lowest BCUT2D eigenvalue weighted by molar-refractivity contribution is -0.142. The molecule has 1 unspecified atom stereocenters. The molecule has 1 aromatic carbocycles. The first kappa shape index (κ1) is 17.9. The van der Waals surface area contributed by atoms with Gasteiger partial charge in [0.2, 0.25) is 0 Å². The number of carbonyl (C=O) groups excluding carboxylic acids is 2. The standard InChI is InChI=1S/C21H22N2O3/c1-23-14-18(22-15-23)10-11-21(25)26-20-9-5-4-8-19(24)12-16-6-2-3-7-17(16)13-20/h2-7,10-11,14-15,20H,8-9,12-13H2,1H3. The maximum atomic E-state index is 12.2. The molecule has 3 rings (SSSR count). The minimum absolute atomic E-state index is 0.197. The van der Waals surface area contributed by atoms with Crippen molar-refractivity contribution in [3.05, 3.63) is 71.8 Å². The molecule has 1 heterocycles. The van der Waals surface area contributed by atoms with Crippen molar-refractivity contribution in [1.82, 2.24) is 9.55 Å². The van der Waals surface area contributed by atoms with Gasteiger partial charge in [-0.3, -0.25) is 4.79 Å². The second kappa shape index (κ2) is 8.43. The Morgan fingerprint density at radius 2 is 2.08 bits per heavy atom. The number of nitrogens with zero attached hydrogens (tertiary/aromatic N) is 2. The van der Waals surface area contributed by atoms with Gasteiger partial charge in [-0.15, -0.1) is 0 Å². The molecular weight excluding hydrogens is 328 g/mol. The van der Waals surface area contributed by atoms with Crippen molar-refractivity contribution in [3.8, 4) is 0 Å². The highest BCUT2D eigenvalue weighted by Gasteiger charge is 2.17. The number of Topliss-reactive ketones (excluding diaryl/α,β-unsaturated/α-hetero) is 1. The molecule has 0 saturated carbocycles. The largest absolute Gasteiger partial charge is 0.459 e. The molecule has 5 nitrogen and oxygen atoms in total. The lowest BCUT2D eigenvalue weighted by Gasteiger charge is -2.18. The minimum atomic E-state index is -0.389. The fourth-order valence-electron chi connectivity index (χ4n) is 2.97. The zero-order valence-corrected chi connectivity index (χ0v) is 14.8. The summed E-state index contributed by atoms with van der Waals surface area (Å²) in [6.07, 6.45) is 12.1. The molecule has 0 saturated heterocycles. The molecule has 1 atom stereocenters. The number of hydrogen-bond acceptors (Lipinski definition) is 4. The van der Waals surface area contributed by atoms with E-state index in [0.717, 1.165) is 11.1 Å². The molecule has 1 aliphatic carbocycles. The summed E-state index contributed by atoms with van der Waals surface area (Å²) in [5.74, 6) is -0.192. The monoisotopic (exact) mass is 350 g/mol. The van der Waals surface area contributed by atoms with Crippen LogP contribution in [0, 0.1) is 0 Å². The first-order valence-corrected chi connectivity index (χ1v) is 8.70. The van der Waals surface area contributed by atoms with Gasteiger partial charge < -0.3 is 9.30 Å². The van der Waals surface area contributed by atoms with Crippen LogP contribution < -0.4 is 0 Å². The summed E-state index contributed by atoms with van der Waals surface area (Å²) < 4.78 is 7.45. The number of aryl methyl sites for hydroxylation is 1. The maximum absolute atomic E-state index is 12.2. The average molecular weight is 350 g/mol. The lowest BCUT2D eigenvalue weighted by atomic mass is 9.94. The molecule has 5 heteroatoms. The highest BCUT2D eigenvalue weighted by atomic mass is 16.5. The number of allylic oxidation sites excluding steroid dienone is 1. The zero-order valence-electron chi connectivity index (χ0n) is 14.8. The van der Waals surface area contributed by atoms with Crippen LogP contribution in [0.5, 0.6) is 0 Å². The molecule has 0 radical (unpaired) electrons. The molecule has 134 valence electrons. The van der Waals surface area contributed by atoms with Crippen LogP contribution >= 0.6 is 0 Å². The van der Waals surface area contributed by atoms with Gasteiger partial charge in [0.1, 0.15) is 11.9 Å². The molecule has 0 aliphatic heterocycles. The Morgan fingerprint density at radius 1 is 1.27 bits per heavy atom. The van der Waals surface area contributed by atoms with Crippen molar-refractivity contribution in [2.45, 2.75) is 31.8 Å². The molecule has 0 fully saturated rings. The number of rotatable bonds is 3. The second-order valence-corrected chi connectivity index (χ2v) is 6.46. The Labute approximate surface area is 153 Å². The van der Waals surface area contributed by atoms with Crippen molar-refractivity contribution >= 4 is 17.8 Å². The van der Waals surface area contributed by atoms with E-state index in [1.807, 2.05) is 54.2 Å². The molecule has 26 heavy (non-hydrogen) atoms. The van der Waals surface area contributed by atoms with Crippen molar-refractivity contribution in [1.29, 1.82) is 0 Å². The molecule has 0 N–H and O–H groups in total. The van der Waals surface area contributed by atoms with Gasteiger partial charge in [0.05, 0.1) is 12.0 Å². The van der Waals surface area contributed by atoms with Gasteiger partial charge in [-0.2, -0.15) is 0 Å². The molecule has 0 amide bonds. The van der Waals surface area contributed by atoms with Gasteiger partial charge in [0, 0.05) is 45.0 Å². The highest BCUT2D eigenvalue weighted by Crippen LogP contribution is 2.18. The summed E-state index contributed by atoms with van der Waals surface area (Å²) in [6, 6.07) is 7.85. The van der Waals surface area contributed by atoms with Crippen molar-refractivity contribution < 1.29 is 14.3 Å². The quantitative estimate of drug-likeness (QED) is 0.485. The lowest BCUT2D eigenvalue weighted by Crippen LogP contribution is -2.20. The van der Waals surface area contributed by atoms with Crippen LogP contribution in [0.25, 0.3) is 6.08 Å². The van der Waals surface area contributed by atoms with Crippen LogP contribution in [0.2, 0.25) is 0 Å². The van der Waals surface area contributed by atoms with Crippen LogP contribution in [-0.2, 0) is 34.2 Å². The van der Waals surface area contributed by atoms with Crippen LogP contribution in [0.3, 0.4) is 0 Å². The van der Waals surface area contributed by atoms with E-state index in [9.17, 15) is 9.59 Å². The van der Waals surface area contributed by atoms with Crippen LogP contribution in [0.15, 0.2) is 55.0 Å². The third-order valence-corrected chi connectivity index (χ3v) is 4.26. The zero-order chi connectivity index (χ0) is 18.4. The predicted octanol–water partition coefficient (Wildman–Crippen LogP) is 3.05. The van der Waals surface area contributed by atoms with Crippen LogP contribution in [0.1, 0.15) is 29.7 Å². The van der Waals surface area contributed by atoms with Gasteiger partial charge in [0.25, 0.3) is 0 Å². The number of ether oxygens (including phenoxy) is 1. The SMILES string of the molecule is Cn1cnc(C=CC(=O)OC2CC=CCC(=O)Cc3ccccc3C2)c1. The predicted molar refractivity (Wildman–Crippen MR) is 99.4 cm³/mol. The number of benzene rings is 1. The fourth-order valence-corrected chi connectivity index (χ4v) is 2.97. The number of carbonyl (C=O) groups is 2. The van der Waals surface area contributed by atoms with Gasteiger partial charge in [-0.25, -0.2) is 9.78 Å². The Bertz CT molecular complexity index is 848. The number of aromatic nitrogens is 2. The van der Waals surface area contributed by atoms with Gasteiger partial charge in [0.15, 0.2) is 0 Å². The van der Waals surface area contributed by atoms with Crippen LogP contribution in [0.4, 0.5) is 0 Å². The summed E-state index contributed by atoms with van der Waals surface area (Å²) >= 11 is 0. The molecule has 0 bridgehead atoms. The number of imidazole rings is 1. The number of ketones is 1. The third-order valence-electron chi connectivity index (χ3n) is 4.26. The molecule has 1 aliphatic rings. The van der Waals surface area contributed by atoms with Crippen molar-refractivity contribution in [2.24, 2.45) is 7.05 Å². The molecule has 0 spiro atoms. The summed E-state index contributed by atoms with van der Waals surface area (Å²) in [7, 11) is 1.87. The number of hydrogen-bond donors (Lipinski definition) is 0. The van der Waals surface area contributed by atoms with Crippen LogP contribution in [-0.4, -0.2) is 27.4 Å². The van der Waals surface area contributed by atoms with E-state index in [4.69, 9.17) is 4.74 Å². The Kier molecular flexibility index (Phi) is 5.79. The normalized spacial score (nSPS) is 17.9. The van der Waals surface area contributed by atoms with E-state index in [1.54, 1.807) is 12.4 Å². The first-order valence-electron chi connectivity index (χ1n) is 8.70. The second-order valence-electron chi connectivity index (χ2n) is 6.46. The molecule has 2 aromatic rings. The first-order chi connectivity index (χ1) is 12.6. The number of fused-ring (bicyclic) bond motifs is 1. The van der Waals surface area contributed by atoms with Gasteiger partial charge in [-0.05, 0) is 17.2 Å². The number of esters is 1. The van der Waals surface area contributed by atoms with E-state index in [1.165, 1.54) is 6.08 Å². The minimum Gasteiger partial charge on any atom is -0.459 e. The van der Waals surface area contributed by atoms with Crippen molar-refractivity contribution in [3.63, 3.8) is 0 Å². The summed E-state index contributed by atoms with van der Waals surface area (Å²) in [4.78, 5) is 28.3. The van der Waals surface area contributed by atoms with Gasteiger partial charge in [-0.1, -0.05) is 36.4 Å².